The molecule has 346 valence electrons. The predicted octanol–water partition coefficient (Wildman–Crippen LogP) is 8.15. The van der Waals surface area contributed by atoms with Crippen molar-refractivity contribution in [3.8, 4) is 0 Å². The summed E-state index contributed by atoms with van der Waals surface area (Å²) in [5.41, 5.74) is 7.92. The number of phosphoric ester groups is 1. The largest absolute Gasteiger partial charge is 0.472 e. The van der Waals surface area contributed by atoms with Crippen molar-refractivity contribution in [1.82, 2.24) is 0 Å². The van der Waals surface area contributed by atoms with Crippen molar-refractivity contribution in [2.24, 2.45) is 11.7 Å². The molecule has 1 saturated heterocycles. The van der Waals surface area contributed by atoms with Gasteiger partial charge < -0.3 is 44.6 Å². The molecule has 2 unspecified atom stereocenters. The number of nitrogens with two attached hydrogens (primary N) is 1. The number of aryl methyl sites for hydroxylation is 2. The molecule has 1 aromatic heterocycles. The Hall–Kier alpha value is -2.39. The first-order chi connectivity index (χ1) is 28.8. The van der Waals surface area contributed by atoms with Gasteiger partial charge >= 0.3 is 19.8 Å². The van der Waals surface area contributed by atoms with Crippen LogP contribution in [0, 0.1) is 19.8 Å². The van der Waals surface area contributed by atoms with Gasteiger partial charge in [0.2, 0.25) is 0 Å². The summed E-state index contributed by atoms with van der Waals surface area (Å²) in [4.78, 5) is 35.3. The number of hydrogen-bond donors (Lipinski definition) is 5. The Balaban J connectivity index is 1.75. The summed E-state index contributed by atoms with van der Waals surface area (Å²) in [5.74, 6) is 0.858. The van der Waals surface area contributed by atoms with Crippen LogP contribution in [0.4, 0.5) is 0 Å². The molecule has 14 nitrogen and oxygen atoms in total. The van der Waals surface area contributed by atoms with Gasteiger partial charge in [0.05, 0.1) is 31.5 Å². The molecule has 15 heteroatoms. The first-order valence-electron chi connectivity index (χ1n) is 22.6. The van der Waals surface area contributed by atoms with E-state index >= 15 is 0 Å². The number of carbonyl (C=O) groups is 2. The first-order valence-corrected chi connectivity index (χ1v) is 24.1. The Morgan fingerprint density at radius 3 is 2.17 bits per heavy atom. The zero-order valence-corrected chi connectivity index (χ0v) is 37.8. The number of ether oxygens (including phenoxy) is 3. The lowest BCUT2D eigenvalue weighted by Crippen LogP contribution is -2.43. The minimum absolute atomic E-state index is 0.00185. The number of unbranched alkanes of at least 4 members (excludes halogenated alkanes) is 10. The number of aliphatic hydroxyl groups is 3. The highest BCUT2D eigenvalue weighted by atomic mass is 31.2. The maximum absolute atomic E-state index is 12.8. The lowest BCUT2D eigenvalue weighted by molar-refractivity contribution is -0.199. The van der Waals surface area contributed by atoms with Gasteiger partial charge in [0.15, 0.2) is 12.4 Å². The highest BCUT2D eigenvalue weighted by molar-refractivity contribution is 7.47. The van der Waals surface area contributed by atoms with Crippen molar-refractivity contribution in [3.05, 3.63) is 47.0 Å². The van der Waals surface area contributed by atoms with Gasteiger partial charge in [-0.25, -0.2) is 4.57 Å². The molecule has 0 radical (unpaired) electrons. The maximum atomic E-state index is 12.8. The van der Waals surface area contributed by atoms with Crippen LogP contribution >= 0.6 is 7.82 Å². The van der Waals surface area contributed by atoms with E-state index in [1.165, 1.54) is 24.0 Å². The zero-order valence-electron chi connectivity index (χ0n) is 36.9. The van der Waals surface area contributed by atoms with Crippen molar-refractivity contribution < 1.29 is 62.0 Å². The standard InChI is InChI=1S/C45H78NO13P/c1-5-7-15-21-36(47)27-28-42-38(39(48)31-45(51)59-42)22-17-13-14-20-26-44(50)57-37(33-56-60(52,53)55-30-29-46)32-54-43(49)25-19-12-10-9-11-18-24-41-35(4)34(3)40(58-41)23-16-8-6-2/h13,17,27-28,36-39,42,45,47-48,51H,5-12,14-16,18-26,29-33,46H2,1-4H3,(H,52,53)/b17-13-,28-27+/t36-,37+,38-,39-,42+,45?/m0/s1. The summed E-state index contributed by atoms with van der Waals surface area (Å²) in [6, 6.07) is 0. The van der Waals surface area contributed by atoms with Crippen LogP contribution in [0.2, 0.25) is 0 Å². The molecule has 7 atom stereocenters. The van der Waals surface area contributed by atoms with E-state index in [0.29, 0.717) is 32.1 Å². The Bertz CT molecular complexity index is 1430. The van der Waals surface area contributed by atoms with E-state index in [9.17, 15) is 34.4 Å². The number of esters is 2. The highest BCUT2D eigenvalue weighted by Gasteiger charge is 2.35. The van der Waals surface area contributed by atoms with Crippen LogP contribution < -0.4 is 5.73 Å². The van der Waals surface area contributed by atoms with Crippen molar-refractivity contribution in [2.45, 2.75) is 193 Å². The molecule has 60 heavy (non-hydrogen) atoms. The number of carbonyl (C=O) groups excluding carboxylic acids is 2. The third kappa shape index (κ3) is 23.2. The van der Waals surface area contributed by atoms with Gasteiger partial charge in [0.1, 0.15) is 18.1 Å². The SMILES string of the molecule is CCCCCc1oc(CCCCCCCCC(=O)OC[C@H](COP(=O)(O)OCCN)OC(=O)CCC/C=C\C[C@H]2[C@@H](O)CC(O)O[C@@H]2/C=C/[C@@H](O)CCCCC)c(C)c1C. The summed E-state index contributed by atoms with van der Waals surface area (Å²) in [7, 11) is -4.47. The van der Waals surface area contributed by atoms with Crippen LogP contribution in [-0.4, -0.2) is 89.2 Å². The maximum Gasteiger partial charge on any atom is 0.472 e. The molecule has 0 spiro atoms. The number of phosphoric acid groups is 1. The fourth-order valence-corrected chi connectivity index (χ4v) is 7.85. The summed E-state index contributed by atoms with van der Waals surface area (Å²) in [6.45, 7) is 7.52. The molecule has 0 amide bonds. The van der Waals surface area contributed by atoms with Gasteiger partial charge in [0.25, 0.3) is 0 Å². The molecule has 0 bridgehead atoms. The van der Waals surface area contributed by atoms with Gasteiger partial charge in [-0.1, -0.05) is 95.9 Å². The molecule has 0 aliphatic carbocycles. The van der Waals surface area contributed by atoms with Gasteiger partial charge in [-0.05, 0) is 69.9 Å². The molecule has 2 heterocycles. The second-order valence-corrected chi connectivity index (χ2v) is 17.5. The van der Waals surface area contributed by atoms with Gasteiger partial charge in [-0.3, -0.25) is 18.6 Å². The highest BCUT2D eigenvalue weighted by Crippen LogP contribution is 2.43. The Labute approximate surface area is 359 Å². The topological polar surface area (TPSA) is 217 Å². The smallest absolute Gasteiger partial charge is 0.466 e. The van der Waals surface area contributed by atoms with E-state index in [2.05, 4.69) is 27.7 Å². The van der Waals surface area contributed by atoms with Crippen molar-refractivity contribution in [1.29, 1.82) is 0 Å². The first kappa shape index (κ1) is 53.7. The van der Waals surface area contributed by atoms with E-state index in [4.69, 9.17) is 33.4 Å². The number of hydrogen-bond acceptors (Lipinski definition) is 13. The van der Waals surface area contributed by atoms with Crippen LogP contribution in [0.3, 0.4) is 0 Å². The molecule has 6 N–H and O–H groups in total. The van der Waals surface area contributed by atoms with Crippen LogP contribution in [0.15, 0.2) is 28.7 Å². The monoisotopic (exact) mass is 872 g/mol. The number of furan rings is 1. The van der Waals surface area contributed by atoms with E-state index in [1.807, 2.05) is 12.2 Å². The summed E-state index contributed by atoms with van der Waals surface area (Å²) in [5, 5.41) is 31.0. The summed E-state index contributed by atoms with van der Waals surface area (Å²) in [6.07, 6.45) is 19.5. The predicted molar refractivity (Wildman–Crippen MR) is 231 cm³/mol. The van der Waals surface area contributed by atoms with Crippen molar-refractivity contribution >= 4 is 19.8 Å². The Kier molecular flexibility index (Phi) is 28.2. The Morgan fingerprint density at radius 1 is 0.850 bits per heavy atom. The lowest BCUT2D eigenvalue weighted by Gasteiger charge is -2.36. The van der Waals surface area contributed by atoms with Crippen molar-refractivity contribution in [2.75, 3.05) is 26.4 Å². The average molecular weight is 872 g/mol. The van der Waals surface area contributed by atoms with Gasteiger partial charge in [0, 0.05) is 44.6 Å². The van der Waals surface area contributed by atoms with E-state index in [1.54, 1.807) is 12.2 Å². The second-order valence-electron chi connectivity index (χ2n) is 16.0. The zero-order chi connectivity index (χ0) is 44.2. The molecule has 2 rings (SSSR count). The molecular weight excluding hydrogens is 793 g/mol. The molecule has 1 aliphatic heterocycles. The molecule has 1 aromatic rings. The number of rotatable bonds is 34. The van der Waals surface area contributed by atoms with Crippen molar-refractivity contribution in [3.63, 3.8) is 0 Å². The lowest BCUT2D eigenvalue weighted by atomic mass is 9.87. The van der Waals surface area contributed by atoms with E-state index < -0.39 is 57.1 Å². The number of allylic oxidation sites excluding steroid dienone is 2. The van der Waals surface area contributed by atoms with Crippen LogP contribution in [-0.2, 0) is 50.3 Å². The second kappa shape index (κ2) is 31.4. The number of aliphatic hydroxyl groups excluding tert-OH is 3. The third-order valence-electron chi connectivity index (χ3n) is 10.8. The van der Waals surface area contributed by atoms with Crippen LogP contribution in [0.25, 0.3) is 0 Å². The average Bonchev–Trinajstić information content (AvgIpc) is 3.48. The molecule has 0 saturated carbocycles. The summed E-state index contributed by atoms with van der Waals surface area (Å²) < 4.78 is 44.7. The van der Waals surface area contributed by atoms with E-state index in [0.717, 1.165) is 82.1 Å². The Morgan fingerprint density at radius 2 is 1.48 bits per heavy atom. The minimum Gasteiger partial charge on any atom is -0.466 e. The fourth-order valence-electron chi connectivity index (χ4n) is 7.09. The normalized spacial score (nSPS) is 20.4. The van der Waals surface area contributed by atoms with Gasteiger partial charge in [-0.15, -0.1) is 0 Å². The summed E-state index contributed by atoms with van der Waals surface area (Å²) >= 11 is 0. The molecular formula is C45H78NO13P. The van der Waals surface area contributed by atoms with Gasteiger partial charge in [-0.2, -0.15) is 0 Å². The third-order valence-corrected chi connectivity index (χ3v) is 11.8. The van der Waals surface area contributed by atoms with Crippen LogP contribution in [0.5, 0.6) is 0 Å². The van der Waals surface area contributed by atoms with Crippen LogP contribution in [0.1, 0.15) is 158 Å². The molecule has 0 aromatic carbocycles. The molecule has 1 aliphatic rings. The fraction of sp³-hybridized carbons (Fsp3) is 0.778. The quantitative estimate of drug-likeness (QED) is 0.0191. The minimum atomic E-state index is -4.47. The molecule has 1 fully saturated rings. The van der Waals surface area contributed by atoms with E-state index in [-0.39, 0.29) is 44.9 Å².